The van der Waals surface area contributed by atoms with Crippen LogP contribution in [0.4, 0.5) is 0 Å². The third kappa shape index (κ3) is 8.53. The van der Waals surface area contributed by atoms with E-state index in [2.05, 4.69) is 15.0 Å². The van der Waals surface area contributed by atoms with E-state index in [1.165, 1.54) is 7.05 Å². The lowest BCUT2D eigenvalue weighted by Crippen LogP contribution is -2.32. The highest BCUT2D eigenvalue weighted by Crippen LogP contribution is 2.08. The maximum absolute atomic E-state index is 11.5. The first-order chi connectivity index (χ1) is 11.0. The Labute approximate surface area is 138 Å². The lowest BCUT2D eigenvalue weighted by Gasteiger charge is -2.06. The molecule has 0 heterocycles. The van der Waals surface area contributed by atoms with Gasteiger partial charge in [0.2, 0.25) is 10.0 Å². The van der Waals surface area contributed by atoms with Crippen LogP contribution in [0.5, 0.6) is 0 Å². The van der Waals surface area contributed by atoms with E-state index in [9.17, 15) is 8.42 Å². The van der Waals surface area contributed by atoms with Crippen molar-refractivity contribution in [1.82, 2.24) is 10.0 Å². The van der Waals surface area contributed by atoms with Crippen LogP contribution in [-0.4, -0.2) is 41.2 Å². The summed E-state index contributed by atoms with van der Waals surface area (Å²) in [6.07, 6.45) is 0.874. The number of nitrogens with zero attached hydrogens (tertiary/aromatic N) is 1. The van der Waals surface area contributed by atoms with Crippen LogP contribution in [0.3, 0.4) is 0 Å². The third-order valence-corrected chi connectivity index (χ3v) is 4.43. The van der Waals surface area contributed by atoms with Gasteiger partial charge in [-0.05, 0) is 31.5 Å². The van der Waals surface area contributed by atoms with Crippen molar-refractivity contribution in [3.8, 4) is 0 Å². The van der Waals surface area contributed by atoms with Gasteiger partial charge in [-0.1, -0.05) is 24.3 Å². The van der Waals surface area contributed by atoms with Crippen molar-refractivity contribution in [2.45, 2.75) is 25.6 Å². The van der Waals surface area contributed by atoms with Gasteiger partial charge < -0.3 is 15.8 Å². The van der Waals surface area contributed by atoms with Crippen LogP contribution < -0.4 is 15.8 Å². The SMILES string of the molecule is CCOCCCNC(N)=NCc1ccc(CS(=O)(=O)NC)cc1. The van der Waals surface area contributed by atoms with E-state index in [0.29, 0.717) is 19.1 Å². The predicted molar refractivity (Wildman–Crippen MR) is 92.6 cm³/mol. The molecule has 1 aromatic carbocycles. The summed E-state index contributed by atoms with van der Waals surface area (Å²) in [4.78, 5) is 4.24. The smallest absolute Gasteiger partial charge is 0.215 e. The second-order valence-corrected chi connectivity index (χ2v) is 6.88. The van der Waals surface area contributed by atoms with Crippen molar-refractivity contribution in [2.75, 3.05) is 26.8 Å². The summed E-state index contributed by atoms with van der Waals surface area (Å²) in [6, 6.07) is 7.27. The number of guanidine groups is 1. The lowest BCUT2D eigenvalue weighted by atomic mass is 10.1. The molecule has 0 bridgehead atoms. The quantitative estimate of drug-likeness (QED) is 0.327. The molecule has 1 rings (SSSR count). The van der Waals surface area contributed by atoms with E-state index in [1.807, 2.05) is 19.1 Å². The van der Waals surface area contributed by atoms with Gasteiger partial charge in [0.1, 0.15) is 0 Å². The average Bonchev–Trinajstić information content (AvgIpc) is 2.54. The van der Waals surface area contributed by atoms with Crippen LogP contribution in [0.25, 0.3) is 0 Å². The summed E-state index contributed by atoms with van der Waals surface area (Å²) in [6.45, 7) is 4.55. The number of hydrogen-bond acceptors (Lipinski definition) is 4. The van der Waals surface area contributed by atoms with Gasteiger partial charge in [-0.15, -0.1) is 0 Å². The average molecular weight is 342 g/mol. The molecule has 0 aliphatic rings. The fraction of sp³-hybridized carbons (Fsp3) is 0.533. The van der Waals surface area contributed by atoms with Crippen LogP contribution >= 0.6 is 0 Å². The molecule has 7 nitrogen and oxygen atoms in total. The summed E-state index contributed by atoms with van der Waals surface area (Å²) < 4.78 is 30.5. The maximum Gasteiger partial charge on any atom is 0.215 e. The Morgan fingerprint density at radius 2 is 1.91 bits per heavy atom. The summed E-state index contributed by atoms with van der Waals surface area (Å²) in [5.74, 6) is 0.361. The minimum atomic E-state index is -3.25. The van der Waals surface area contributed by atoms with Crippen molar-refractivity contribution in [1.29, 1.82) is 0 Å². The summed E-state index contributed by atoms with van der Waals surface area (Å²) in [7, 11) is -1.84. The first-order valence-corrected chi connectivity index (χ1v) is 9.22. The molecular formula is C15H26N4O3S. The van der Waals surface area contributed by atoms with Crippen molar-refractivity contribution >= 4 is 16.0 Å². The van der Waals surface area contributed by atoms with Crippen LogP contribution in [0.2, 0.25) is 0 Å². The number of rotatable bonds is 10. The van der Waals surface area contributed by atoms with Gasteiger partial charge in [0, 0.05) is 19.8 Å². The molecular weight excluding hydrogens is 316 g/mol. The number of nitrogens with two attached hydrogens (primary N) is 1. The fourth-order valence-corrected chi connectivity index (χ4v) is 2.58. The van der Waals surface area contributed by atoms with E-state index < -0.39 is 10.0 Å². The molecule has 1 aromatic rings. The highest BCUT2D eigenvalue weighted by atomic mass is 32.2. The van der Waals surface area contributed by atoms with Crippen molar-refractivity contribution in [3.05, 3.63) is 35.4 Å². The lowest BCUT2D eigenvalue weighted by molar-refractivity contribution is 0.145. The first-order valence-electron chi connectivity index (χ1n) is 7.57. The second kappa shape index (κ2) is 10.2. The van der Waals surface area contributed by atoms with E-state index in [4.69, 9.17) is 10.5 Å². The van der Waals surface area contributed by atoms with Crippen LogP contribution in [0.15, 0.2) is 29.3 Å². The predicted octanol–water partition coefficient (Wildman–Crippen LogP) is 0.567. The van der Waals surface area contributed by atoms with Gasteiger partial charge in [-0.3, -0.25) is 0 Å². The monoisotopic (exact) mass is 342 g/mol. The molecule has 130 valence electrons. The molecule has 0 fully saturated rings. The minimum Gasteiger partial charge on any atom is -0.382 e. The van der Waals surface area contributed by atoms with Crippen LogP contribution in [0, 0.1) is 0 Å². The van der Waals surface area contributed by atoms with E-state index in [-0.39, 0.29) is 5.75 Å². The van der Waals surface area contributed by atoms with Gasteiger partial charge >= 0.3 is 0 Å². The summed E-state index contributed by atoms with van der Waals surface area (Å²) in [5.41, 5.74) is 7.48. The normalized spacial score (nSPS) is 12.3. The summed E-state index contributed by atoms with van der Waals surface area (Å²) in [5, 5.41) is 3.02. The molecule has 0 aliphatic carbocycles. The van der Waals surface area contributed by atoms with Gasteiger partial charge in [0.25, 0.3) is 0 Å². The fourth-order valence-electron chi connectivity index (χ4n) is 1.80. The van der Waals surface area contributed by atoms with Crippen LogP contribution in [0.1, 0.15) is 24.5 Å². The van der Waals surface area contributed by atoms with Crippen molar-refractivity contribution in [2.24, 2.45) is 10.7 Å². The molecule has 0 aromatic heterocycles. The molecule has 0 aliphatic heterocycles. The molecule has 0 radical (unpaired) electrons. The molecule has 0 amide bonds. The molecule has 4 N–H and O–H groups in total. The Morgan fingerprint density at radius 1 is 1.26 bits per heavy atom. The number of sulfonamides is 1. The van der Waals surface area contributed by atoms with E-state index in [0.717, 1.165) is 30.7 Å². The zero-order valence-corrected chi connectivity index (χ0v) is 14.5. The Kier molecular flexibility index (Phi) is 8.60. The number of ether oxygens (including phenoxy) is 1. The van der Waals surface area contributed by atoms with Crippen molar-refractivity contribution in [3.63, 3.8) is 0 Å². The largest absolute Gasteiger partial charge is 0.382 e. The van der Waals surface area contributed by atoms with Gasteiger partial charge in [-0.25, -0.2) is 18.1 Å². The molecule has 0 saturated heterocycles. The Morgan fingerprint density at radius 3 is 2.52 bits per heavy atom. The maximum atomic E-state index is 11.5. The first kappa shape index (κ1) is 19.4. The number of aliphatic imine (C=N–C) groups is 1. The van der Waals surface area contributed by atoms with Crippen LogP contribution in [-0.2, 0) is 27.1 Å². The minimum absolute atomic E-state index is 0.0312. The third-order valence-electron chi connectivity index (χ3n) is 3.10. The highest BCUT2D eigenvalue weighted by molar-refractivity contribution is 7.88. The topological polar surface area (TPSA) is 106 Å². The standard InChI is InChI=1S/C15H26N4O3S/c1-3-22-10-4-9-18-15(16)19-11-13-5-7-14(8-6-13)12-23(20,21)17-2/h5-8,17H,3-4,9-12H2,1-2H3,(H3,16,18,19). The summed E-state index contributed by atoms with van der Waals surface area (Å²) >= 11 is 0. The molecule has 0 saturated carbocycles. The van der Waals surface area contributed by atoms with Gasteiger partial charge in [-0.2, -0.15) is 0 Å². The molecule has 0 spiro atoms. The van der Waals surface area contributed by atoms with Gasteiger partial charge in [0.15, 0.2) is 5.96 Å². The highest BCUT2D eigenvalue weighted by Gasteiger charge is 2.07. The van der Waals surface area contributed by atoms with E-state index >= 15 is 0 Å². The Hall–Kier alpha value is -1.64. The zero-order chi connectivity index (χ0) is 17.1. The number of hydrogen-bond donors (Lipinski definition) is 3. The Bertz CT molecular complexity index is 585. The Balaban J connectivity index is 2.41. The number of nitrogens with one attached hydrogen (secondary N) is 2. The van der Waals surface area contributed by atoms with Crippen molar-refractivity contribution < 1.29 is 13.2 Å². The zero-order valence-electron chi connectivity index (χ0n) is 13.7. The number of benzene rings is 1. The molecule has 0 atom stereocenters. The van der Waals surface area contributed by atoms with Gasteiger partial charge in [0.05, 0.1) is 12.3 Å². The van der Waals surface area contributed by atoms with E-state index in [1.54, 1.807) is 12.1 Å². The second-order valence-electron chi connectivity index (χ2n) is 4.96. The molecule has 23 heavy (non-hydrogen) atoms. The molecule has 0 unspecified atom stereocenters. The molecule has 8 heteroatoms.